The second-order valence-electron chi connectivity index (χ2n) is 3.44. The number of hydrogen-bond donors (Lipinski definition) is 1. The van der Waals surface area contributed by atoms with Crippen molar-refractivity contribution in [3.63, 3.8) is 0 Å². The van der Waals surface area contributed by atoms with Gasteiger partial charge in [0.1, 0.15) is 11.6 Å². The van der Waals surface area contributed by atoms with Crippen molar-refractivity contribution in [1.82, 2.24) is 4.98 Å². The van der Waals surface area contributed by atoms with Crippen molar-refractivity contribution in [2.45, 2.75) is 10.6 Å². The Balaban J connectivity index is 2.04. The molecule has 2 N–H and O–H groups in total. The third kappa shape index (κ3) is 3.35. The average Bonchev–Trinajstić information content (AvgIpc) is 2.30. The molecule has 0 fully saturated rings. The van der Waals surface area contributed by atoms with Crippen LogP contribution in [0.2, 0.25) is 5.02 Å². The van der Waals surface area contributed by atoms with E-state index >= 15 is 0 Å². The molecule has 0 bridgehead atoms. The Hall–Kier alpha value is -1.26. The molecule has 2 aromatic rings. The van der Waals surface area contributed by atoms with Crippen molar-refractivity contribution < 1.29 is 4.39 Å². The molecule has 5 heteroatoms. The standard InChI is InChI=1S/C12H10ClFN2S/c13-11-5-9(14)2-1-8(11)7-17-10-3-4-12(15)16-6-10/h1-6H,7H2,(H2,15,16). The number of nitrogens with two attached hydrogens (primary N) is 1. The molecule has 0 saturated carbocycles. The highest BCUT2D eigenvalue weighted by Crippen LogP contribution is 2.26. The molecule has 0 aliphatic heterocycles. The van der Waals surface area contributed by atoms with Crippen molar-refractivity contribution in [3.8, 4) is 0 Å². The SMILES string of the molecule is Nc1ccc(SCc2ccc(F)cc2Cl)cn1. The van der Waals surface area contributed by atoms with Crippen molar-refractivity contribution in [1.29, 1.82) is 0 Å². The molecular weight excluding hydrogens is 259 g/mol. The number of rotatable bonds is 3. The molecular formula is C12H10ClFN2S. The monoisotopic (exact) mass is 268 g/mol. The molecule has 0 spiro atoms. The van der Waals surface area contributed by atoms with E-state index in [9.17, 15) is 4.39 Å². The van der Waals surface area contributed by atoms with Crippen LogP contribution in [0.4, 0.5) is 10.2 Å². The summed E-state index contributed by atoms with van der Waals surface area (Å²) in [5, 5.41) is 0.445. The van der Waals surface area contributed by atoms with E-state index in [1.54, 1.807) is 30.1 Å². The number of aromatic nitrogens is 1. The van der Waals surface area contributed by atoms with Gasteiger partial charge in [-0.1, -0.05) is 17.7 Å². The summed E-state index contributed by atoms with van der Waals surface area (Å²) in [5.41, 5.74) is 6.39. The van der Waals surface area contributed by atoms with Gasteiger partial charge in [-0.15, -0.1) is 11.8 Å². The Morgan fingerprint density at radius 1 is 1.29 bits per heavy atom. The van der Waals surface area contributed by atoms with Crippen LogP contribution in [0, 0.1) is 5.82 Å². The number of anilines is 1. The molecule has 17 heavy (non-hydrogen) atoms. The van der Waals surface area contributed by atoms with Gasteiger partial charge in [0.2, 0.25) is 0 Å². The van der Waals surface area contributed by atoms with Crippen molar-refractivity contribution in [2.24, 2.45) is 0 Å². The van der Waals surface area contributed by atoms with Crippen LogP contribution in [0.15, 0.2) is 41.4 Å². The van der Waals surface area contributed by atoms with Crippen molar-refractivity contribution in [3.05, 3.63) is 52.9 Å². The zero-order chi connectivity index (χ0) is 12.3. The van der Waals surface area contributed by atoms with Gasteiger partial charge in [0, 0.05) is 21.9 Å². The maximum atomic E-state index is 12.8. The Morgan fingerprint density at radius 3 is 2.76 bits per heavy atom. The smallest absolute Gasteiger partial charge is 0.124 e. The lowest BCUT2D eigenvalue weighted by molar-refractivity contribution is 0.627. The number of pyridine rings is 1. The zero-order valence-electron chi connectivity index (χ0n) is 8.86. The normalized spacial score (nSPS) is 10.5. The highest BCUT2D eigenvalue weighted by atomic mass is 35.5. The molecule has 0 aliphatic rings. The Bertz CT molecular complexity index is 516. The third-order valence-corrected chi connectivity index (χ3v) is 3.55. The summed E-state index contributed by atoms with van der Waals surface area (Å²) in [5.74, 6) is 0.845. The highest BCUT2D eigenvalue weighted by Gasteiger charge is 2.03. The summed E-state index contributed by atoms with van der Waals surface area (Å²) in [4.78, 5) is 4.99. The number of nitrogens with zero attached hydrogens (tertiary/aromatic N) is 1. The predicted octanol–water partition coefficient (Wildman–Crippen LogP) is 3.75. The van der Waals surface area contributed by atoms with E-state index in [2.05, 4.69) is 4.98 Å². The number of halogens is 2. The third-order valence-electron chi connectivity index (χ3n) is 2.17. The van der Waals surface area contributed by atoms with Crippen LogP contribution >= 0.6 is 23.4 Å². The fraction of sp³-hybridized carbons (Fsp3) is 0.0833. The van der Waals surface area contributed by atoms with Gasteiger partial charge in [-0.05, 0) is 29.8 Å². The van der Waals surface area contributed by atoms with Crippen LogP contribution in [-0.4, -0.2) is 4.98 Å². The first-order chi connectivity index (χ1) is 8.15. The average molecular weight is 269 g/mol. The van der Waals surface area contributed by atoms with Gasteiger partial charge in [0.05, 0.1) is 0 Å². The Morgan fingerprint density at radius 2 is 2.12 bits per heavy atom. The minimum absolute atomic E-state index is 0.321. The van der Waals surface area contributed by atoms with Crippen LogP contribution in [0.3, 0.4) is 0 Å². The first-order valence-corrected chi connectivity index (χ1v) is 6.30. The van der Waals surface area contributed by atoms with Gasteiger partial charge in [0.25, 0.3) is 0 Å². The molecule has 0 atom stereocenters. The topological polar surface area (TPSA) is 38.9 Å². The van der Waals surface area contributed by atoms with Gasteiger partial charge >= 0.3 is 0 Å². The second-order valence-corrected chi connectivity index (χ2v) is 4.90. The fourth-order valence-corrected chi connectivity index (χ4v) is 2.46. The highest BCUT2D eigenvalue weighted by molar-refractivity contribution is 7.98. The quantitative estimate of drug-likeness (QED) is 0.862. The molecule has 1 aromatic carbocycles. The summed E-state index contributed by atoms with van der Waals surface area (Å²) in [6.45, 7) is 0. The number of hydrogen-bond acceptors (Lipinski definition) is 3. The van der Waals surface area contributed by atoms with E-state index in [0.29, 0.717) is 16.6 Å². The van der Waals surface area contributed by atoms with Crippen molar-refractivity contribution in [2.75, 3.05) is 5.73 Å². The maximum Gasteiger partial charge on any atom is 0.124 e. The van der Waals surface area contributed by atoms with Crippen LogP contribution in [-0.2, 0) is 5.75 Å². The summed E-state index contributed by atoms with van der Waals surface area (Å²) in [6, 6.07) is 8.05. The molecule has 1 aromatic heterocycles. The molecule has 0 unspecified atom stereocenters. The lowest BCUT2D eigenvalue weighted by atomic mass is 10.2. The zero-order valence-corrected chi connectivity index (χ0v) is 10.4. The summed E-state index contributed by atoms with van der Waals surface area (Å²) >= 11 is 7.51. The summed E-state index contributed by atoms with van der Waals surface area (Å²) < 4.78 is 12.8. The minimum Gasteiger partial charge on any atom is -0.384 e. The molecule has 2 nitrogen and oxygen atoms in total. The fourth-order valence-electron chi connectivity index (χ4n) is 1.28. The van der Waals surface area contributed by atoms with Crippen LogP contribution < -0.4 is 5.73 Å². The number of thioether (sulfide) groups is 1. The first kappa shape index (κ1) is 12.2. The van der Waals surface area contributed by atoms with Gasteiger partial charge in [0.15, 0.2) is 0 Å². The lowest BCUT2D eigenvalue weighted by Crippen LogP contribution is -1.89. The Kier molecular flexibility index (Phi) is 3.86. The van der Waals surface area contributed by atoms with E-state index in [-0.39, 0.29) is 5.82 Å². The lowest BCUT2D eigenvalue weighted by Gasteiger charge is -2.04. The van der Waals surface area contributed by atoms with Crippen LogP contribution in [0.25, 0.3) is 0 Å². The molecule has 0 aliphatic carbocycles. The minimum atomic E-state index is -0.321. The van der Waals surface area contributed by atoms with Gasteiger partial charge in [-0.3, -0.25) is 0 Å². The molecule has 2 rings (SSSR count). The maximum absolute atomic E-state index is 12.8. The molecule has 0 saturated heterocycles. The van der Waals surface area contributed by atoms with E-state index in [1.165, 1.54) is 12.1 Å². The van der Waals surface area contributed by atoms with E-state index < -0.39 is 0 Å². The van der Waals surface area contributed by atoms with E-state index in [0.717, 1.165) is 10.5 Å². The summed E-state index contributed by atoms with van der Waals surface area (Å²) in [6.07, 6.45) is 1.71. The van der Waals surface area contributed by atoms with Gasteiger partial charge < -0.3 is 5.73 Å². The van der Waals surface area contributed by atoms with Gasteiger partial charge in [-0.25, -0.2) is 9.37 Å². The number of benzene rings is 1. The molecule has 0 amide bonds. The van der Waals surface area contributed by atoms with E-state index in [1.807, 2.05) is 6.07 Å². The number of nitrogen functional groups attached to an aromatic ring is 1. The summed E-state index contributed by atoms with van der Waals surface area (Å²) in [7, 11) is 0. The van der Waals surface area contributed by atoms with Crippen LogP contribution in [0.1, 0.15) is 5.56 Å². The molecule has 88 valence electrons. The predicted molar refractivity (Wildman–Crippen MR) is 69.6 cm³/mol. The Labute approximate surface area is 108 Å². The second kappa shape index (κ2) is 5.38. The molecule has 1 heterocycles. The molecule has 0 radical (unpaired) electrons. The largest absolute Gasteiger partial charge is 0.384 e. The van der Waals surface area contributed by atoms with E-state index in [4.69, 9.17) is 17.3 Å². The van der Waals surface area contributed by atoms with Gasteiger partial charge in [-0.2, -0.15) is 0 Å². The first-order valence-electron chi connectivity index (χ1n) is 4.93. The van der Waals surface area contributed by atoms with Crippen molar-refractivity contribution >= 4 is 29.2 Å². The van der Waals surface area contributed by atoms with Crippen LogP contribution in [0.5, 0.6) is 0 Å².